The van der Waals surface area contributed by atoms with Crippen molar-refractivity contribution in [3.8, 4) is 6.07 Å². The number of aliphatic carboxylic acids is 1. The molecule has 0 radical (unpaired) electrons. The second kappa shape index (κ2) is 4.88. The van der Waals surface area contributed by atoms with Crippen LogP contribution in [0.4, 0.5) is 5.69 Å². The summed E-state index contributed by atoms with van der Waals surface area (Å²) in [6, 6.07) is 7.36. The highest BCUT2D eigenvalue weighted by Crippen LogP contribution is 2.23. The van der Waals surface area contributed by atoms with Gasteiger partial charge in [0.05, 0.1) is 11.3 Å². The predicted molar refractivity (Wildman–Crippen MR) is 65.8 cm³/mol. The third-order valence-corrected chi connectivity index (χ3v) is 2.89. The molecule has 0 spiro atoms. The van der Waals surface area contributed by atoms with Gasteiger partial charge in [-0.2, -0.15) is 5.26 Å². The summed E-state index contributed by atoms with van der Waals surface area (Å²) in [6.45, 7) is 5.30. The fourth-order valence-corrected chi connectivity index (χ4v) is 1.45. The lowest BCUT2D eigenvalue weighted by molar-refractivity contribution is -0.141. The average molecular weight is 232 g/mol. The molecule has 0 aliphatic carbocycles. The lowest BCUT2D eigenvalue weighted by Gasteiger charge is -2.26. The van der Waals surface area contributed by atoms with Crippen molar-refractivity contribution in [3.05, 3.63) is 29.3 Å². The van der Waals surface area contributed by atoms with E-state index >= 15 is 0 Å². The lowest BCUT2D eigenvalue weighted by Crippen LogP contribution is -2.42. The van der Waals surface area contributed by atoms with E-state index in [1.807, 2.05) is 13.0 Å². The van der Waals surface area contributed by atoms with Crippen molar-refractivity contribution in [2.45, 2.75) is 32.7 Å². The summed E-state index contributed by atoms with van der Waals surface area (Å²) in [4.78, 5) is 11.2. The van der Waals surface area contributed by atoms with Crippen LogP contribution in [0.25, 0.3) is 0 Å². The van der Waals surface area contributed by atoms with E-state index in [4.69, 9.17) is 5.26 Å². The number of nitrogens with zero attached hydrogens (tertiary/aromatic N) is 1. The van der Waals surface area contributed by atoms with Gasteiger partial charge in [0, 0.05) is 0 Å². The van der Waals surface area contributed by atoms with E-state index in [1.54, 1.807) is 26.0 Å². The summed E-state index contributed by atoms with van der Waals surface area (Å²) in [6.07, 6.45) is 0.432. The Balaban J connectivity index is 3.14. The van der Waals surface area contributed by atoms with Crippen LogP contribution in [0.2, 0.25) is 0 Å². The summed E-state index contributed by atoms with van der Waals surface area (Å²) in [5.74, 6) is -0.926. The monoisotopic (exact) mass is 232 g/mol. The second-order valence-corrected chi connectivity index (χ2v) is 4.28. The topological polar surface area (TPSA) is 73.1 Å². The Labute approximate surface area is 101 Å². The molecule has 4 nitrogen and oxygen atoms in total. The van der Waals surface area contributed by atoms with Crippen molar-refractivity contribution >= 4 is 11.7 Å². The molecule has 0 fully saturated rings. The van der Waals surface area contributed by atoms with Gasteiger partial charge in [-0.05, 0) is 38.0 Å². The zero-order valence-corrected chi connectivity index (χ0v) is 10.2. The number of hydrogen-bond donors (Lipinski definition) is 2. The number of benzene rings is 1. The first-order valence-corrected chi connectivity index (χ1v) is 5.45. The number of rotatable bonds is 4. The van der Waals surface area contributed by atoms with Gasteiger partial charge in [-0.15, -0.1) is 0 Å². The molecule has 1 rings (SSSR count). The van der Waals surface area contributed by atoms with E-state index in [1.165, 1.54) is 0 Å². The lowest BCUT2D eigenvalue weighted by atomic mass is 9.97. The minimum absolute atomic E-state index is 0.432. The van der Waals surface area contributed by atoms with Crippen LogP contribution < -0.4 is 5.32 Å². The van der Waals surface area contributed by atoms with Crippen molar-refractivity contribution in [3.63, 3.8) is 0 Å². The first kappa shape index (κ1) is 13.0. The molecule has 1 atom stereocenters. The summed E-state index contributed by atoms with van der Waals surface area (Å²) in [7, 11) is 0. The Morgan fingerprint density at radius 3 is 2.71 bits per heavy atom. The van der Waals surface area contributed by atoms with Crippen molar-refractivity contribution in [2.75, 3.05) is 5.32 Å². The molecular weight excluding hydrogens is 216 g/mol. The largest absolute Gasteiger partial charge is 0.480 e. The third-order valence-electron chi connectivity index (χ3n) is 2.89. The van der Waals surface area contributed by atoms with Gasteiger partial charge >= 0.3 is 5.97 Å². The molecule has 0 bridgehead atoms. The number of hydrogen-bond acceptors (Lipinski definition) is 3. The van der Waals surface area contributed by atoms with Crippen LogP contribution in [0.5, 0.6) is 0 Å². The average Bonchev–Trinajstić information content (AvgIpc) is 2.29. The Morgan fingerprint density at radius 2 is 2.24 bits per heavy atom. The van der Waals surface area contributed by atoms with Crippen molar-refractivity contribution < 1.29 is 9.90 Å². The molecule has 0 saturated heterocycles. The van der Waals surface area contributed by atoms with Gasteiger partial charge < -0.3 is 10.4 Å². The number of aryl methyl sites for hydroxylation is 1. The Morgan fingerprint density at radius 1 is 1.59 bits per heavy atom. The van der Waals surface area contributed by atoms with E-state index in [9.17, 15) is 9.90 Å². The van der Waals surface area contributed by atoms with Crippen LogP contribution >= 0.6 is 0 Å². The molecule has 0 heterocycles. The summed E-state index contributed by atoms with van der Waals surface area (Å²) in [5.41, 5.74) is 0.950. The summed E-state index contributed by atoms with van der Waals surface area (Å²) >= 11 is 0. The van der Waals surface area contributed by atoms with Crippen molar-refractivity contribution in [1.82, 2.24) is 0 Å². The molecule has 4 heteroatoms. The van der Waals surface area contributed by atoms with Gasteiger partial charge in [-0.1, -0.05) is 13.0 Å². The minimum Gasteiger partial charge on any atom is -0.480 e. The molecule has 17 heavy (non-hydrogen) atoms. The van der Waals surface area contributed by atoms with Crippen LogP contribution in [0.3, 0.4) is 0 Å². The molecule has 0 amide bonds. The van der Waals surface area contributed by atoms with Gasteiger partial charge in [0.1, 0.15) is 11.6 Å². The molecule has 1 aromatic rings. The van der Waals surface area contributed by atoms with Gasteiger partial charge in [-0.25, -0.2) is 4.79 Å². The summed E-state index contributed by atoms with van der Waals surface area (Å²) < 4.78 is 0. The quantitative estimate of drug-likeness (QED) is 0.836. The summed E-state index contributed by atoms with van der Waals surface area (Å²) in [5, 5.41) is 21.1. The molecule has 0 saturated carbocycles. The molecule has 0 aromatic heterocycles. The zero-order valence-electron chi connectivity index (χ0n) is 10.2. The predicted octanol–water partition coefficient (Wildman–Crippen LogP) is 2.53. The number of carbonyl (C=O) groups is 1. The number of carboxylic acid groups (broad SMARTS) is 1. The van der Waals surface area contributed by atoms with Gasteiger partial charge in [0.25, 0.3) is 0 Å². The number of nitrogens with one attached hydrogen (secondary N) is 1. The molecule has 2 N–H and O–H groups in total. The third kappa shape index (κ3) is 2.76. The van der Waals surface area contributed by atoms with Gasteiger partial charge in [-0.3, -0.25) is 0 Å². The van der Waals surface area contributed by atoms with Crippen LogP contribution in [0.1, 0.15) is 31.4 Å². The normalized spacial score (nSPS) is 13.5. The molecule has 0 aliphatic heterocycles. The van der Waals surface area contributed by atoms with Gasteiger partial charge in [0.15, 0.2) is 0 Å². The highest BCUT2D eigenvalue weighted by atomic mass is 16.4. The maximum absolute atomic E-state index is 11.2. The van der Waals surface area contributed by atoms with E-state index in [0.29, 0.717) is 17.7 Å². The number of nitriles is 1. The fraction of sp³-hybridized carbons (Fsp3) is 0.385. The Kier molecular flexibility index (Phi) is 3.74. The molecule has 90 valence electrons. The zero-order chi connectivity index (χ0) is 13.1. The van der Waals surface area contributed by atoms with E-state index in [2.05, 4.69) is 11.4 Å². The van der Waals surface area contributed by atoms with Crippen LogP contribution in [-0.4, -0.2) is 16.6 Å². The highest BCUT2D eigenvalue weighted by Gasteiger charge is 2.31. The number of carboxylic acids is 1. The molecule has 0 aliphatic rings. The Hall–Kier alpha value is -2.02. The van der Waals surface area contributed by atoms with E-state index < -0.39 is 11.5 Å². The molecule has 1 aromatic carbocycles. The Bertz CT molecular complexity index is 477. The van der Waals surface area contributed by atoms with E-state index in [0.717, 1.165) is 5.56 Å². The number of anilines is 1. The highest BCUT2D eigenvalue weighted by molar-refractivity contribution is 5.83. The van der Waals surface area contributed by atoms with Gasteiger partial charge in [0.2, 0.25) is 0 Å². The maximum Gasteiger partial charge on any atom is 0.329 e. The molecular formula is C13H16N2O2. The first-order valence-electron chi connectivity index (χ1n) is 5.45. The standard InChI is InChI=1S/C13H16N2O2/c1-4-13(3,12(16)17)15-11-7-9(2)5-6-10(11)8-14/h5-7,15H,4H2,1-3H3,(H,16,17). The minimum atomic E-state index is -1.06. The SMILES string of the molecule is CCC(C)(Nc1cc(C)ccc1C#N)C(=O)O. The smallest absolute Gasteiger partial charge is 0.329 e. The van der Waals surface area contributed by atoms with Crippen molar-refractivity contribution in [1.29, 1.82) is 5.26 Å². The fourth-order valence-electron chi connectivity index (χ4n) is 1.45. The van der Waals surface area contributed by atoms with Crippen molar-refractivity contribution in [2.24, 2.45) is 0 Å². The maximum atomic E-state index is 11.2. The van der Waals surface area contributed by atoms with Crippen LogP contribution in [0.15, 0.2) is 18.2 Å². The molecule has 1 unspecified atom stereocenters. The van der Waals surface area contributed by atoms with Crippen LogP contribution in [-0.2, 0) is 4.79 Å². The van der Waals surface area contributed by atoms with E-state index in [-0.39, 0.29) is 0 Å². The van der Waals surface area contributed by atoms with Crippen LogP contribution in [0, 0.1) is 18.3 Å². The second-order valence-electron chi connectivity index (χ2n) is 4.28. The first-order chi connectivity index (χ1) is 7.92.